The van der Waals surface area contributed by atoms with Crippen molar-refractivity contribution in [2.24, 2.45) is 5.41 Å². The van der Waals surface area contributed by atoms with E-state index in [0.29, 0.717) is 0 Å². The Morgan fingerprint density at radius 2 is 1.86 bits per heavy atom. The molecule has 1 N–H and O–H groups in total. The fourth-order valence-electron chi connectivity index (χ4n) is 2.71. The predicted octanol–water partition coefficient (Wildman–Crippen LogP) is 3.75. The Labute approximate surface area is 132 Å². The van der Waals surface area contributed by atoms with Gasteiger partial charge in [0.15, 0.2) is 6.79 Å². The maximum atomic E-state index is 14.1. The maximum Gasteiger partial charge on any atom is 0.258 e. The third-order valence-electron chi connectivity index (χ3n) is 2.96. The molecule has 0 saturated heterocycles. The van der Waals surface area contributed by atoms with Gasteiger partial charge in [-0.2, -0.15) is 0 Å². The topological polar surface area (TPSA) is 47.6 Å². The monoisotopic (exact) mass is 311 g/mol. The average Bonchev–Trinajstić information content (AvgIpc) is 2.32. The Balaban J connectivity index is 2.98. The van der Waals surface area contributed by atoms with Crippen LogP contribution in [0.3, 0.4) is 0 Å². The zero-order chi connectivity index (χ0) is 17.0. The lowest BCUT2D eigenvalue weighted by atomic mass is 9.81. The molecule has 1 aromatic rings. The Morgan fingerprint density at radius 1 is 1.23 bits per heavy atom. The van der Waals surface area contributed by atoms with E-state index in [2.05, 4.69) is 26.1 Å². The van der Waals surface area contributed by atoms with Gasteiger partial charge >= 0.3 is 0 Å². The van der Waals surface area contributed by atoms with Crippen molar-refractivity contribution in [2.75, 3.05) is 13.9 Å². The lowest BCUT2D eigenvalue weighted by Crippen LogP contribution is -2.46. The fourth-order valence-corrected chi connectivity index (χ4v) is 2.71. The van der Waals surface area contributed by atoms with Crippen LogP contribution in [0, 0.1) is 11.2 Å². The smallest absolute Gasteiger partial charge is 0.258 e. The quantitative estimate of drug-likeness (QED) is 0.814. The van der Waals surface area contributed by atoms with E-state index in [1.165, 1.54) is 19.2 Å². The maximum absolute atomic E-state index is 14.1. The van der Waals surface area contributed by atoms with Gasteiger partial charge in [-0.3, -0.25) is 4.79 Å². The van der Waals surface area contributed by atoms with E-state index in [9.17, 15) is 9.18 Å². The minimum atomic E-state index is -0.613. The summed E-state index contributed by atoms with van der Waals surface area (Å²) in [6.07, 6.45) is 0.758. The lowest BCUT2D eigenvalue weighted by molar-refractivity contribution is 0.0496. The summed E-state index contributed by atoms with van der Waals surface area (Å²) in [5.41, 5.74) is -0.515. The molecular formula is C17H26FNO3. The van der Waals surface area contributed by atoms with Crippen LogP contribution in [0.25, 0.3) is 0 Å². The van der Waals surface area contributed by atoms with Crippen molar-refractivity contribution in [1.82, 2.24) is 5.32 Å². The first kappa shape index (κ1) is 18.4. The van der Waals surface area contributed by atoms with E-state index in [4.69, 9.17) is 9.47 Å². The summed E-state index contributed by atoms with van der Waals surface area (Å²) in [4.78, 5) is 12.5. The molecular weight excluding hydrogens is 285 g/mol. The van der Waals surface area contributed by atoms with Crippen LogP contribution in [0.5, 0.6) is 5.75 Å². The van der Waals surface area contributed by atoms with Crippen LogP contribution in [-0.2, 0) is 4.74 Å². The number of hydrogen-bond acceptors (Lipinski definition) is 3. The van der Waals surface area contributed by atoms with E-state index >= 15 is 0 Å². The molecule has 124 valence electrons. The van der Waals surface area contributed by atoms with Gasteiger partial charge in [-0.25, -0.2) is 4.39 Å². The van der Waals surface area contributed by atoms with Gasteiger partial charge in [0.2, 0.25) is 0 Å². The first-order chi connectivity index (χ1) is 10.1. The number of carbonyl (C=O) groups is 1. The highest BCUT2D eigenvalue weighted by Gasteiger charge is 2.29. The molecule has 5 heteroatoms. The summed E-state index contributed by atoms with van der Waals surface area (Å²) in [5.74, 6) is -0.929. The molecule has 0 aliphatic heterocycles. The van der Waals surface area contributed by atoms with E-state index < -0.39 is 17.3 Å². The Kier molecular flexibility index (Phi) is 5.94. The van der Waals surface area contributed by atoms with Gasteiger partial charge in [0.25, 0.3) is 5.91 Å². The van der Waals surface area contributed by atoms with Crippen molar-refractivity contribution in [3.8, 4) is 5.75 Å². The van der Waals surface area contributed by atoms with Gasteiger partial charge in [-0.15, -0.1) is 0 Å². The molecule has 0 aliphatic carbocycles. The Hall–Kier alpha value is -1.62. The highest BCUT2D eigenvalue weighted by atomic mass is 19.1. The number of nitrogens with one attached hydrogen (secondary N) is 1. The third-order valence-corrected chi connectivity index (χ3v) is 2.96. The predicted molar refractivity (Wildman–Crippen MR) is 84.5 cm³/mol. The first-order valence-corrected chi connectivity index (χ1v) is 7.28. The molecule has 0 unspecified atom stereocenters. The molecule has 0 aliphatic rings. The largest absolute Gasteiger partial charge is 0.467 e. The number of rotatable bonds is 6. The molecule has 0 spiro atoms. The molecule has 0 aromatic heterocycles. The summed E-state index contributed by atoms with van der Waals surface area (Å²) in [5, 5.41) is 2.89. The highest BCUT2D eigenvalue weighted by molar-refractivity contribution is 5.97. The molecule has 22 heavy (non-hydrogen) atoms. The van der Waals surface area contributed by atoms with Crippen molar-refractivity contribution in [3.63, 3.8) is 0 Å². The fraction of sp³-hybridized carbons (Fsp3) is 0.588. The lowest BCUT2D eigenvalue weighted by Gasteiger charge is -2.33. The standard InChI is InChI=1S/C17H26FNO3/c1-16(2,3)10-17(4,5)19-15(20)14-12(18)8-7-9-13(14)22-11-21-6/h7-9H,10-11H2,1-6H3,(H,19,20). The Morgan fingerprint density at radius 3 is 2.41 bits per heavy atom. The molecule has 0 atom stereocenters. The van der Waals surface area contributed by atoms with Crippen molar-refractivity contribution in [2.45, 2.75) is 46.6 Å². The zero-order valence-corrected chi connectivity index (χ0v) is 14.2. The van der Waals surface area contributed by atoms with E-state index in [0.717, 1.165) is 6.42 Å². The number of hydrogen-bond donors (Lipinski definition) is 1. The number of benzene rings is 1. The van der Waals surface area contributed by atoms with Gasteiger partial charge in [-0.1, -0.05) is 26.8 Å². The van der Waals surface area contributed by atoms with E-state index in [1.54, 1.807) is 6.07 Å². The molecule has 4 nitrogen and oxygen atoms in total. The van der Waals surface area contributed by atoms with Crippen LogP contribution in [0.1, 0.15) is 51.4 Å². The summed E-state index contributed by atoms with van der Waals surface area (Å²) >= 11 is 0. The molecule has 0 fully saturated rings. The first-order valence-electron chi connectivity index (χ1n) is 7.28. The van der Waals surface area contributed by atoms with Crippen LogP contribution in [-0.4, -0.2) is 25.3 Å². The van der Waals surface area contributed by atoms with Crippen LogP contribution in [0.4, 0.5) is 4.39 Å². The number of halogens is 1. The number of ether oxygens (including phenoxy) is 2. The second-order valence-corrected chi connectivity index (χ2v) is 7.24. The molecule has 1 aromatic carbocycles. The number of carbonyl (C=O) groups excluding carboxylic acids is 1. The van der Waals surface area contributed by atoms with Gasteiger partial charge < -0.3 is 14.8 Å². The summed E-state index contributed by atoms with van der Waals surface area (Å²) in [6.45, 7) is 10.1. The summed E-state index contributed by atoms with van der Waals surface area (Å²) in [7, 11) is 1.46. The summed E-state index contributed by atoms with van der Waals surface area (Å²) < 4.78 is 24.2. The molecule has 0 radical (unpaired) electrons. The van der Waals surface area contributed by atoms with Gasteiger partial charge in [-0.05, 0) is 37.8 Å². The van der Waals surface area contributed by atoms with Gasteiger partial charge in [0.05, 0.1) is 0 Å². The van der Waals surface area contributed by atoms with E-state index in [-0.39, 0.29) is 23.5 Å². The second-order valence-electron chi connectivity index (χ2n) is 7.24. The van der Waals surface area contributed by atoms with Crippen LogP contribution in [0.15, 0.2) is 18.2 Å². The highest BCUT2D eigenvalue weighted by Crippen LogP contribution is 2.28. The van der Waals surface area contributed by atoms with Gasteiger partial charge in [0.1, 0.15) is 17.1 Å². The molecule has 0 bridgehead atoms. The SMILES string of the molecule is COCOc1cccc(F)c1C(=O)NC(C)(C)CC(C)(C)C. The third kappa shape index (κ3) is 5.64. The average molecular weight is 311 g/mol. The number of amides is 1. The minimum Gasteiger partial charge on any atom is -0.467 e. The zero-order valence-electron chi connectivity index (χ0n) is 14.2. The Bertz CT molecular complexity index is 521. The van der Waals surface area contributed by atoms with Crippen molar-refractivity contribution >= 4 is 5.91 Å². The van der Waals surface area contributed by atoms with Crippen LogP contribution >= 0.6 is 0 Å². The van der Waals surface area contributed by atoms with Crippen LogP contribution < -0.4 is 10.1 Å². The minimum absolute atomic E-state index is 0.0430. The molecule has 0 heterocycles. The van der Waals surface area contributed by atoms with Crippen molar-refractivity contribution in [3.05, 3.63) is 29.6 Å². The van der Waals surface area contributed by atoms with Crippen LogP contribution in [0.2, 0.25) is 0 Å². The number of methoxy groups -OCH3 is 1. The molecule has 1 rings (SSSR count). The second kappa shape index (κ2) is 7.09. The molecule has 0 saturated carbocycles. The normalized spacial score (nSPS) is 12.1. The van der Waals surface area contributed by atoms with E-state index in [1.807, 2.05) is 13.8 Å². The van der Waals surface area contributed by atoms with Crippen molar-refractivity contribution < 1.29 is 18.7 Å². The summed E-state index contributed by atoms with van der Waals surface area (Å²) in [6, 6.07) is 4.29. The van der Waals surface area contributed by atoms with Crippen molar-refractivity contribution in [1.29, 1.82) is 0 Å². The molecule has 1 amide bonds. The van der Waals surface area contributed by atoms with Gasteiger partial charge in [0, 0.05) is 12.6 Å².